The van der Waals surface area contributed by atoms with E-state index in [1.807, 2.05) is 24.3 Å². The Bertz CT molecular complexity index is 1640. The van der Waals surface area contributed by atoms with E-state index in [1.54, 1.807) is 15.5 Å². The van der Waals surface area contributed by atoms with E-state index >= 15 is 0 Å². The van der Waals surface area contributed by atoms with Gasteiger partial charge < -0.3 is 20.1 Å². The van der Waals surface area contributed by atoms with Gasteiger partial charge in [-0.25, -0.2) is 9.37 Å². The molecule has 2 aliphatic heterocycles. The van der Waals surface area contributed by atoms with Gasteiger partial charge in [0.1, 0.15) is 17.3 Å². The van der Waals surface area contributed by atoms with Crippen molar-refractivity contribution in [3.8, 4) is 5.69 Å². The minimum Gasteiger partial charge on any atom is -0.388 e. The molecule has 2 atom stereocenters. The fraction of sp³-hybridized carbons (Fsp3) is 0.387. The summed E-state index contributed by atoms with van der Waals surface area (Å²) in [4.78, 5) is 32.4. The Morgan fingerprint density at radius 1 is 1.17 bits per heavy atom. The van der Waals surface area contributed by atoms with Gasteiger partial charge in [-0.05, 0) is 67.3 Å². The third-order valence-electron chi connectivity index (χ3n) is 8.38. The highest BCUT2D eigenvalue weighted by molar-refractivity contribution is 6.31. The molecule has 2 aliphatic rings. The minimum atomic E-state index is -1.19. The molecule has 0 spiro atoms. The largest absolute Gasteiger partial charge is 0.388 e. The van der Waals surface area contributed by atoms with Gasteiger partial charge in [0.05, 0.1) is 36.3 Å². The summed E-state index contributed by atoms with van der Waals surface area (Å²) in [6.07, 6.45) is 3.24. The van der Waals surface area contributed by atoms with E-state index in [-0.39, 0.29) is 30.2 Å². The number of piperidine rings is 1. The van der Waals surface area contributed by atoms with E-state index in [0.29, 0.717) is 54.3 Å². The van der Waals surface area contributed by atoms with E-state index in [2.05, 4.69) is 17.2 Å². The van der Waals surface area contributed by atoms with Crippen molar-refractivity contribution in [1.29, 1.82) is 0 Å². The topological polar surface area (TPSA) is 102 Å². The van der Waals surface area contributed by atoms with Crippen LogP contribution in [0.15, 0.2) is 65.7 Å². The quantitative estimate of drug-likeness (QED) is 0.349. The van der Waals surface area contributed by atoms with Crippen molar-refractivity contribution >= 4 is 28.5 Å². The van der Waals surface area contributed by atoms with Crippen LogP contribution < -0.4 is 10.9 Å². The third kappa shape index (κ3) is 5.59. The van der Waals surface area contributed by atoms with Crippen LogP contribution in [0.3, 0.4) is 0 Å². The van der Waals surface area contributed by atoms with Crippen LogP contribution in [0.25, 0.3) is 16.7 Å². The summed E-state index contributed by atoms with van der Waals surface area (Å²) in [5.41, 5.74) is 1.23. The summed E-state index contributed by atoms with van der Waals surface area (Å²) in [6.45, 7) is 4.21. The standard InChI is InChI=1S/C31H33ClFN5O4/c1-2-24-16-34-26(17-42-24)20-5-9-23(10-6-20)38-27(32)15-25-28(38)35-19-37(30(25)40)18-31(41)11-13-36(14-12-31)29(39)21-3-7-22(33)8-4-21/h3-10,15,19,24,26,34,41H,2,11-14,16-18H2,1H3/t24-,26-/m0/s1. The second-order valence-electron chi connectivity index (χ2n) is 11.2. The predicted molar refractivity (Wildman–Crippen MR) is 158 cm³/mol. The third-order valence-corrected chi connectivity index (χ3v) is 8.66. The number of carbonyl (C=O) groups is 1. The normalized spacial score (nSPS) is 20.6. The summed E-state index contributed by atoms with van der Waals surface area (Å²) >= 11 is 6.61. The highest BCUT2D eigenvalue weighted by atomic mass is 35.5. The highest BCUT2D eigenvalue weighted by Crippen LogP contribution is 2.28. The fourth-order valence-corrected chi connectivity index (χ4v) is 6.06. The maximum atomic E-state index is 13.5. The lowest BCUT2D eigenvalue weighted by molar-refractivity contribution is -0.0299. The molecule has 1 amide bonds. The van der Waals surface area contributed by atoms with Crippen molar-refractivity contribution in [3.05, 3.63) is 93.4 Å². The molecular formula is C31H33ClFN5O4. The number of halogens is 2. The number of aliphatic hydroxyl groups is 1. The molecule has 2 N–H and O–H groups in total. The van der Waals surface area contributed by atoms with Crippen LogP contribution in [0.5, 0.6) is 0 Å². The Morgan fingerprint density at radius 3 is 2.52 bits per heavy atom. The predicted octanol–water partition coefficient (Wildman–Crippen LogP) is 4.09. The zero-order valence-electron chi connectivity index (χ0n) is 23.3. The first-order valence-electron chi connectivity index (χ1n) is 14.2. The molecule has 11 heteroatoms. The Hall–Kier alpha value is -3.57. The molecule has 0 saturated carbocycles. The zero-order chi connectivity index (χ0) is 29.4. The van der Waals surface area contributed by atoms with Crippen LogP contribution in [0.1, 0.15) is 48.1 Å². The molecule has 42 heavy (non-hydrogen) atoms. The average Bonchev–Trinajstić information content (AvgIpc) is 3.35. The van der Waals surface area contributed by atoms with Crippen LogP contribution in [-0.4, -0.2) is 68.0 Å². The lowest BCUT2D eigenvalue weighted by atomic mass is 9.91. The van der Waals surface area contributed by atoms with Crippen molar-refractivity contribution < 1.29 is 19.0 Å². The minimum absolute atomic E-state index is 0.0419. The Kier molecular flexibility index (Phi) is 7.89. The Balaban J connectivity index is 1.16. The van der Waals surface area contributed by atoms with Crippen molar-refractivity contribution in [2.45, 2.75) is 50.5 Å². The van der Waals surface area contributed by atoms with Crippen LogP contribution in [-0.2, 0) is 11.3 Å². The van der Waals surface area contributed by atoms with Gasteiger partial charge in [0.25, 0.3) is 11.5 Å². The maximum Gasteiger partial charge on any atom is 0.262 e. The number of aromatic nitrogens is 3. The van der Waals surface area contributed by atoms with Gasteiger partial charge in [0, 0.05) is 30.9 Å². The van der Waals surface area contributed by atoms with Gasteiger partial charge in [-0.3, -0.25) is 18.7 Å². The molecule has 9 nitrogen and oxygen atoms in total. The number of fused-ring (bicyclic) bond motifs is 1. The zero-order valence-corrected chi connectivity index (χ0v) is 24.1. The molecule has 2 saturated heterocycles. The number of hydrogen-bond donors (Lipinski definition) is 2. The number of nitrogens with zero attached hydrogens (tertiary/aromatic N) is 4. The Labute approximate surface area is 247 Å². The number of ether oxygens (including phenoxy) is 1. The molecule has 0 radical (unpaired) electrons. The monoisotopic (exact) mass is 593 g/mol. The Morgan fingerprint density at radius 2 is 1.88 bits per heavy atom. The summed E-state index contributed by atoms with van der Waals surface area (Å²) in [5, 5.41) is 15.6. The number of nitrogens with one attached hydrogen (secondary N) is 1. The molecule has 2 aromatic heterocycles. The smallest absolute Gasteiger partial charge is 0.262 e. The fourth-order valence-electron chi connectivity index (χ4n) is 5.78. The first-order chi connectivity index (χ1) is 20.2. The summed E-state index contributed by atoms with van der Waals surface area (Å²) in [6, 6.07) is 15.1. The molecule has 6 rings (SSSR count). The van der Waals surface area contributed by atoms with Crippen LogP contribution in [0.4, 0.5) is 4.39 Å². The average molecular weight is 594 g/mol. The number of amides is 1. The molecule has 4 heterocycles. The molecule has 0 unspecified atom stereocenters. The number of morpholine rings is 1. The summed E-state index contributed by atoms with van der Waals surface area (Å²) in [5.74, 6) is -0.618. The number of hydrogen-bond acceptors (Lipinski definition) is 6. The SMILES string of the molecule is CC[C@H]1CN[C@H](c2ccc(-n3c(Cl)cc4c(=O)n(CC5(O)CCN(C(=O)c6ccc(F)cc6)CC5)cnc43)cc2)CO1. The van der Waals surface area contributed by atoms with Crippen molar-refractivity contribution in [2.24, 2.45) is 0 Å². The first-order valence-corrected chi connectivity index (χ1v) is 14.6. The van der Waals surface area contributed by atoms with Crippen LogP contribution in [0.2, 0.25) is 5.15 Å². The second-order valence-corrected chi connectivity index (χ2v) is 11.5. The molecule has 0 aliphatic carbocycles. The van der Waals surface area contributed by atoms with Gasteiger partial charge >= 0.3 is 0 Å². The van der Waals surface area contributed by atoms with E-state index in [1.165, 1.54) is 35.2 Å². The second kappa shape index (κ2) is 11.6. The number of benzene rings is 2. The van der Waals surface area contributed by atoms with E-state index < -0.39 is 11.4 Å². The van der Waals surface area contributed by atoms with Crippen molar-refractivity contribution in [2.75, 3.05) is 26.2 Å². The molecular weight excluding hydrogens is 561 g/mol. The van der Waals surface area contributed by atoms with Crippen LogP contribution >= 0.6 is 11.6 Å². The van der Waals surface area contributed by atoms with E-state index in [0.717, 1.165) is 24.2 Å². The number of rotatable bonds is 6. The van der Waals surface area contributed by atoms with E-state index in [4.69, 9.17) is 16.3 Å². The number of carbonyl (C=O) groups excluding carboxylic acids is 1. The molecule has 4 aromatic rings. The summed E-state index contributed by atoms with van der Waals surface area (Å²) in [7, 11) is 0. The summed E-state index contributed by atoms with van der Waals surface area (Å²) < 4.78 is 22.3. The molecule has 2 aromatic carbocycles. The van der Waals surface area contributed by atoms with Crippen molar-refractivity contribution in [3.63, 3.8) is 0 Å². The van der Waals surface area contributed by atoms with E-state index in [9.17, 15) is 19.1 Å². The lowest BCUT2D eigenvalue weighted by Gasteiger charge is -2.38. The van der Waals surface area contributed by atoms with Crippen LogP contribution in [0, 0.1) is 5.82 Å². The maximum absolute atomic E-state index is 13.5. The lowest BCUT2D eigenvalue weighted by Crippen LogP contribution is -2.49. The van der Waals surface area contributed by atoms with Gasteiger partial charge in [0.2, 0.25) is 0 Å². The van der Waals surface area contributed by atoms with Gasteiger partial charge in [0.15, 0.2) is 5.65 Å². The van der Waals surface area contributed by atoms with Crippen molar-refractivity contribution in [1.82, 2.24) is 24.3 Å². The first kappa shape index (κ1) is 28.5. The van der Waals surface area contributed by atoms with Gasteiger partial charge in [-0.15, -0.1) is 0 Å². The molecule has 2 fully saturated rings. The molecule has 0 bridgehead atoms. The van der Waals surface area contributed by atoms with Gasteiger partial charge in [-0.2, -0.15) is 0 Å². The highest BCUT2D eigenvalue weighted by Gasteiger charge is 2.35. The number of likely N-dealkylation sites (tertiary alicyclic amines) is 1. The molecule has 220 valence electrons. The van der Waals surface area contributed by atoms with Gasteiger partial charge in [-0.1, -0.05) is 30.7 Å².